The van der Waals surface area contributed by atoms with Crippen LogP contribution in [0.3, 0.4) is 0 Å². The fraction of sp³-hybridized carbons (Fsp3) is 0.154. The number of nitrogens with zero attached hydrogens (tertiary/aromatic N) is 2. The first kappa shape index (κ1) is 24.0. The molecule has 0 radical (unpaired) electrons. The number of imidazole rings is 1. The minimum Gasteiger partial charge on any atom is -0.465 e. The van der Waals surface area contributed by atoms with Crippen LogP contribution in [0.5, 0.6) is 0 Å². The highest BCUT2D eigenvalue weighted by atomic mass is 32.2. The monoisotopic (exact) mass is 488 g/mol. The smallest absolute Gasteiger partial charge is 0.339 e. The lowest BCUT2D eigenvalue weighted by Gasteiger charge is -2.12. The maximum Gasteiger partial charge on any atom is 0.339 e. The minimum absolute atomic E-state index is 0.0377. The largest absolute Gasteiger partial charge is 0.465 e. The third-order valence-electron chi connectivity index (χ3n) is 5.19. The first-order chi connectivity index (χ1) is 17.0. The summed E-state index contributed by atoms with van der Waals surface area (Å²) in [7, 11) is 1.29. The molecule has 9 heteroatoms. The van der Waals surface area contributed by atoms with Crippen LogP contribution in [-0.4, -0.2) is 40.2 Å². The van der Waals surface area contributed by atoms with E-state index in [2.05, 4.69) is 15.6 Å². The molecule has 0 atom stereocenters. The van der Waals surface area contributed by atoms with Crippen LogP contribution in [0, 0.1) is 0 Å². The number of fused-ring (bicyclic) bond motifs is 1. The summed E-state index contributed by atoms with van der Waals surface area (Å²) in [6, 6.07) is 23.8. The summed E-state index contributed by atoms with van der Waals surface area (Å²) in [6.07, 6.45) is 0. The molecule has 0 aliphatic rings. The predicted octanol–water partition coefficient (Wildman–Crippen LogP) is 3.87. The quantitative estimate of drug-likeness (QED) is 0.274. The molecule has 0 fully saturated rings. The highest BCUT2D eigenvalue weighted by Gasteiger charge is 2.18. The van der Waals surface area contributed by atoms with Gasteiger partial charge >= 0.3 is 5.97 Å². The number of nitrogens with one attached hydrogen (secondary N) is 2. The van der Waals surface area contributed by atoms with Gasteiger partial charge in [0.25, 0.3) is 0 Å². The third-order valence-corrected chi connectivity index (χ3v) is 6.17. The van der Waals surface area contributed by atoms with Crippen molar-refractivity contribution in [2.24, 2.45) is 0 Å². The number of hydrogen-bond acceptors (Lipinski definition) is 6. The molecule has 8 nitrogen and oxygen atoms in total. The van der Waals surface area contributed by atoms with Crippen LogP contribution >= 0.6 is 11.8 Å². The number of methoxy groups -OCH3 is 1. The molecule has 35 heavy (non-hydrogen) atoms. The molecule has 0 saturated carbocycles. The number of aromatic nitrogens is 2. The standard InChI is InChI=1S/C26H24N4O4S/c1-34-25(33)19-11-5-6-12-20(19)28-23(31)16-30-22-14-8-7-13-21(22)29-26(30)35-17-24(32)27-15-18-9-3-2-4-10-18/h2-14H,15-17H2,1H3,(H,27,32)(H,28,31). The third kappa shape index (κ3) is 6.07. The van der Waals surface area contributed by atoms with E-state index in [4.69, 9.17) is 4.74 Å². The van der Waals surface area contributed by atoms with E-state index in [1.165, 1.54) is 18.9 Å². The van der Waals surface area contributed by atoms with Crippen LogP contribution in [0.2, 0.25) is 0 Å². The van der Waals surface area contributed by atoms with Crippen LogP contribution in [-0.2, 0) is 27.4 Å². The minimum atomic E-state index is -0.535. The van der Waals surface area contributed by atoms with Crippen LogP contribution in [0.1, 0.15) is 15.9 Å². The normalized spacial score (nSPS) is 10.7. The highest BCUT2D eigenvalue weighted by molar-refractivity contribution is 7.99. The molecule has 3 aromatic carbocycles. The number of para-hydroxylation sites is 3. The fourth-order valence-corrected chi connectivity index (χ4v) is 4.35. The van der Waals surface area contributed by atoms with Crippen molar-refractivity contribution >= 4 is 46.3 Å². The molecule has 1 heterocycles. The Morgan fingerprint density at radius 3 is 2.43 bits per heavy atom. The Bertz CT molecular complexity index is 1350. The second-order valence-corrected chi connectivity index (χ2v) is 8.55. The number of hydrogen-bond donors (Lipinski definition) is 2. The SMILES string of the molecule is COC(=O)c1ccccc1NC(=O)Cn1c(SCC(=O)NCc2ccccc2)nc2ccccc21. The van der Waals surface area contributed by atoms with Gasteiger partial charge in [-0.1, -0.05) is 66.4 Å². The van der Waals surface area contributed by atoms with Gasteiger partial charge in [-0.25, -0.2) is 9.78 Å². The number of thioether (sulfide) groups is 1. The summed E-state index contributed by atoms with van der Waals surface area (Å²) in [5.41, 5.74) is 3.15. The number of benzene rings is 3. The maximum atomic E-state index is 12.9. The summed E-state index contributed by atoms with van der Waals surface area (Å²) in [5.74, 6) is -0.844. The molecule has 1 aromatic heterocycles. The van der Waals surface area contributed by atoms with E-state index >= 15 is 0 Å². The molecule has 0 aliphatic carbocycles. The van der Waals surface area contributed by atoms with Crippen molar-refractivity contribution in [2.45, 2.75) is 18.2 Å². The lowest BCUT2D eigenvalue weighted by molar-refractivity contribution is -0.118. The summed E-state index contributed by atoms with van der Waals surface area (Å²) < 4.78 is 6.56. The molecule has 0 spiro atoms. The van der Waals surface area contributed by atoms with Crippen molar-refractivity contribution in [3.63, 3.8) is 0 Å². The Hall–Kier alpha value is -4.11. The second-order valence-electron chi connectivity index (χ2n) is 7.61. The lowest BCUT2D eigenvalue weighted by Crippen LogP contribution is -2.25. The van der Waals surface area contributed by atoms with E-state index < -0.39 is 5.97 Å². The average Bonchev–Trinajstić information content (AvgIpc) is 3.23. The van der Waals surface area contributed by atoms with E-state index in [0.29, 0.717) is 17.4 Å². The molecular weight excluding hydrogens is 464 g/mol. The van der Waals surface area contributed by atoms with Gasteiger partial charge in [0, 0.05) is 6.54 Å². The van der Waals surface area contributed by atoms with Gasteiger partial charge in [-0.15, -0.1) is 0 Å². The Balaban J connectivity index is 1.46. The van der Waals surface area contributed by atoms with Gasteiger partial charge < -0.3 is 19.9 Å². The highest BCUT2D eigenvalue weighted by Crippen LogP contribution is 2.24. The fourth-order valence-electron chi connectivity index (χ4n) is 3.51. The van der Waals surface area contributed by atoms with Gasteiger partial charge in [0.05, 0.1) is 35.1 Å². The van der Waals surface area contributed by atoms with Crippen molar-refractivity contribution < 1.29 is 19.1 Å². The Morgan fingerprint density at radius 1 is 0.914 bits per heavy atom. The van der Waals surface area contributed by atoms with Crippen LogP contribution in [0.25, 0.3) is 11.0 Å². The van der Waals surface area contributed by atoms with E-state index in [-0.39, 0.29) is 29.7 Å². The van der Waals surface area contributed by atoms with Crippen molar-refractivity contribution in [3.8, 4) is 0 Å². The predicted molar refractivity (Wildman–Crippen MR) is 135 cm³/mol. The lowest BCUT2D eigenvalue weighted by atomic mass is 10.2. The summed E-state index contributed by atoms with van der Waals surface area (Å²) in [4.78, 5) is 42.0. The zero-order chi connectivity index (χ0) is 24.6. The molecule has 0 unspecified atom stereocenters. The number of esters is 1. The van der Waals surface area contributed by atoms with E-state index in [9.17, 15) is 14.4 Å². The molecule has 0 saturated heterocycles. The molecule has 4 rings (SSSR count). The number of ether oxygens (including phenoxy) is 1. The average molecular weight is 489 g/mol. The first-order valence-electron chi connectivity index (χ1n) is 10.9. The number of anilines is 1. The summed E-state index contributed by atoms with van der Waals surface area (Å²) in [5, 5.41) is 6.23. The van der Waals surface area contributed by atoms with Crippen molar-refractivity contribution in [1.82, 2.24) is 14.9 Å². The van der Waals surface area contributed by atoms with Gasteiger partial charge in [-0.3, -0.25) is 9.59 Å². The Labute approximate surface area is 206 Å². The van der Waals surface area contributed by atoms with Crippen molar-refractivity contribution in [2.75, 3.05) is 18.2 Å². The van der Waals surface area contributed by atoms with Crippen molar-refractivity contribution in [1.29, 1.82) is 0 Å². The van der Waals surface area contributed by atoms with E-state index in [1.54, 1.807) is 28.8 Å². The number of rotatable bonds is 9. The van der Waals surface area contributed by atoms with Crippen LogP contribution < -0.4 is 10.6 Å². The van der Waals surface area contributed by atoms with Gasteiger partial charge in [0.1, 0.15) is 6.54 Å². The number of amides is 2. The Morgan fingerprint density at radius 2 is 1.63 bits per heavy atom. The number of carbonyl (C=O) groups is 3. The molecule has 2 amide bonds. The Kier molecular flexibility index (Phi) is 7.79. The zero-order valence-corrected chi connectivity index (χ0v) is 19.9. The topological polar surface area (TPSA) is 102 Å². The number of carbonyl (C=O) groups excluding carboxylic acids is 3. The van der Waals surface area contributed by atoms with E-state index in [0.717, 1.165) is 16.6 Å². The molecule has 2 N–H and O–H groups in total. The molecular formula is C26H24N4O4S. The molecule has 4 aromatic rings. The zero-order valence-electron chi connectivity index (χ0n) is 19.1. The molecule has 178 valence electrons. The molecule has 0 aliphatic heterocycles. The van der Waals surface area contributed by atoms with Gasteiger partial charge in [0.15, 0.2) is 5.16 Å². The maximum absolute atomic E-state index is 12.9. The van der Waals surface area contributed by atoms with Crippen molar-refractivity contribution in [3.05, 3.63) is 90.0 Å². The van der Waals surface area contributed by atoms with Gasteiger partial charge in [-0.2, -0.15) is 0 Å². The van der Waals surface area contributed by atoms with Gasteiger partial charge in [-0.05, 0) is 29.8 Å². The molecule has 0 bridgehead atoms. The summed E-state index contributed by atoms with van der Waals surface area (Å²) in [6.45, 7) is 0.405. The second kappa shape index (κ2) is 11.3. The first-order valence-corrected chi connectivity index (χ1v) is 11.9. The van der Waals surface area contributed by atoms with E-state index in [1.807, 2.05) is 54.6 Å². The summed E-state index contributed by atoms with van der Waals surface area (Å²) >= 11 is 1.26. The van der Waals surface area contributed by atoms with Crippen LogP contribution in [0.15, 0.2) is 84.0 Å². The van der Waals surface area contributed by atoms with Crippen LogP contribution in [0.4, 0.5) is 5.69 Å². The van der Waals surface area contributed by atoms with Gasteiger partial charge in [0.2, 0.25) is 11.8 Å².